The van der Waals surface area contributed by atoms with Gasteiger partial charge in [-0.15, -0.1) is 0 Å². The van der Waals surface area contributed by atoms with Crippen LogP contribution in [0.3, 0.4) is 0 Å². The van der Waals surface area contributed by atoms with E-state index in [1.807, 2.05) is 0 Å². The SMILES string of the molecule is CCOc1ccc(S(=O)(=O)NC2CCC(Oc3cncc(OC)n3)CC2)cc1F. The minimum Gasteiger partial charge on any atom is -0.491 e. The largest absolute Gasteiger partial charge is 0.491 e. The lowest BCUT2D eigenvalue weighted by atomic mass is 9.94. The van der Waals surface area contributed by atoms with Gasteiger partial charge in [-0.3, -0.25) is 4.98 Å². The number of nitrogens with zero attached hydrogens (tertiary/aromatic N) is 2. The Morgan fingerprint density at radius 1 is 1.17 bits per heavy atom. The molecule has 0 saturated heterocycles. The molecular weight excluding hydrogens is 401 g/mol. The first kappa shape index (κ1) is 21.3. The van der Waals surface area contributed by atoms with Crippen molar-refractivity contribution in [2.24, 2.45) is 0 Å². The van der Waals surface area contributed by atoms with Crippen LogP contribution in [0.1, 0.15) is 32.6 Å². The summed E-state index contributed by atoms with van der Waals surface area (Å²) in [5.41, 5.74) is 0. The molecule has 1 aromatic heterocycles. The molecule has 0 aliphatic heterocycles. The summed E-state index contributed by atoms with van der Waals surface area (Å²) in [7, 11) is -2.32. The monoisotopic (exact) mass is 425 g/mol. The van der Waals surface area contributed by atoms with Gasteiger partial charge in [0.15, 0.2) is 11.6 Å². The van der Waals surface area contributed by atoms with E-state index in [0.29, 0.717) is 44.1 Å². The molecular formula is C19H24FN3O5S. The fraction of sp³-hybridized carbons (Fsp3) is 0.474. The Bertz CT molecular complexity index is 933. The van der Waals surface area contributed by atoms with Crippen molar-refractivity contribution in [3.05, 3.63) is 36.4 Å². The molecule has 0 amide bonds. The lowest BCUT2D eigenvalue weighted by molar-refractivity contribution is 0.136. The Morgan fingerprint density at radius 3 is 2.55 bits per heavy atom. The van der Waals surface area contributed by atoms with Crippen LogP contribution in [0, 0.1) is 5.82 Å². The van der Waals surface area contributed by atoms with Crippen LogP contribution in [0.4, 0.5) is 4.39 Å². The number of hydrogen-bond acceptors (Lipinski definition) is 7. The molecule has 1 aliphatic rings. The van der Waals surface area contributed by atoms with Crippen LogP contribution in [-0.2, 0) is 10.0 Å². The van der Waals surface area contributed by atoms with Gasteiger partial charge in [0, 0.05) is 6.04 Å². The molecule has 0 atom stereocenters. The summed E-state index contributed by atoms with van der Waals surface area (Å²) >= 11 is 0. The van der Waals surface area contributed by atoms with Crippen LogP contribution >= 0.6 is 0 Å². The zero-order valence-electron chi connectivity index (χ0n) is 16.3. The van der Waals surface area contributed by atoms with E-state index in [1.54, 1.807) is 6.92 Å². The summed E-state index contributed by atoms with van der Waals surface area (Å²) in [6, 6.07) is 3.40. The van der Waals surface area contributed by atoms with Gasteiger partial charge < -0.3 is 14.2 Å². The molecule has 0 radical (unpaired) electrons. The maximum Gasteiger partial charge on any atom is 0.240 e. The van der Waals surface area contributed by atoms with Crippen LogP contribution < -0.4 is 18.9 Å². The number of methoxy groups -OCH3 is 1. The molecule has 1 heterocycles. The molecule has 1 aliphatic carbocycles. The Balaban J connectivity index is 1.56. The third kappa shape index (κ3) is 5.54. The van der Waals surface area contributed by atoms with Crippen molar-refractivity contribution in [3.8, 4) is 17.5 Å². The van der Waals surface area contributed by atoms with E-state index in [1.165, 1.54) is 31.6 Å². The van der Waals surface area contributed by atoms with Crippen molar-refractivity contribution in [2.45, 2.75) is 49.6 Å². The first-order valence-corrected chi connectivity index (χ1v) is 10.9. The van der Waals surface area contributed by atoms with E-state index < -0.39 is 15.8 Å². The second kappa shape index (κ2) is 9.36. The zero-order valence-corrected chi connectivity index (χ0v) is 17.1. The lowest BCUT2D eigenvalue weighted by Gasteiger charge is -2.29. The maximum atomic E-state index is 14.0. The number of ether oxygens (including phenoxy) is 3. The zero-order chi connectivity index (χ0) is 20.9. The van der Waals surface area contributed by atoms with E-state index in [9.17, 15) is 12.8 Å². The number of sulfonamides is 1. The molecule has 10 heteroatoms. The third-order valence-electron chi connectivity index (χ3n) is 4.60. The molecule has 0 bridgehead atoms. The first-order valence-electron chi connectivity index (χ1n) is 9.38. The van der Waals surface area contributed by atoms with E-state index in [4.69, 9.17) is 14.2 Å². The van der Waals surface area contributed by atoms with Crippen LogP contribution in [0.15, 0.2) is 35.5 Å². The summed E-state index contributed by atoms with van der Waals surface area (Å²) in [4.78, 5) is 8.04. The third-order valence-corrected chi connectivity index (χ3v) is 6.11. The number of aromatic nitrogens is 2. The number of rotatable bonds is 8. The Kier molecular flexibility index (Phi) is 6.86. The molecule has 3 rings (SSSR count). The van der Waals surface area contributed by atoms with Gasteiger partial charge in [-0.1, -0.05) is 0 Å². The van der Waals surface area contributed by atoms with Gasteiger partial charge in [0.1, 0.15) is 6.10 Å². The van der Waals surface area contributed by atoms with Crippen molar-refractivity contribution >= 4 is 10.0 Å². The molecule has 0 spiro atoms. The second-order valence-corrected chi connectivity index (χ2v) is 8.35. The van der Waals surface area contributed by atoms with Gasteiger partial charge in [-0.2, -0.15) is 4.98 Å². The number of hydrogen-bond donors (Lipinski definition) is 1. The van der Waals surface area contributed by atoms with Crippen LogP contribution in [0.5, 0.6) is 17.5 Å². The van der Waals surface area contributed by atoms with Gasteiger partial charge >= 0.3 is 0 Å². The summed E-state index contributed by atoms with van der Waals surface area (Å²) in [6.45, 7) is 2.03. The van der Waals surface area contributed by atoms with E-state index >= 15 is 0 Å². The van der Waals surface area contributed by atoms with Gasteiger partial charge in [0.25, 0.3) is 0 Å². The molecule has 1 aromatic carbocycles. The highest BCUT2D eigenvalue weighted by molar-refractivity contribution is 7.89. The van der Waals surface area contributed by atoms with Crippen LogP contribution in [0.2, 0.25) is 0 Å². The molecule has 8 nitrogen and oxygen atoms in total. The Labute approximate surface area is 169 Å². The summed E-state index contributed by atoms with van der Waals surface area (Å²) in [5.74, 6) is 0.0701. The van der Waals surface area contributed by atoms with Crippen molar-refractivity contribution in [1.29, 1.82) is 0 Å². The van der Waals surface area contributed by atoms with Crippen molar-refractivity contribution in [3.63, 3.8) is 0 Å². The van der Waals surface area contributed by atoms with Gasteiger partial charge in [0.05, 0.1) is 31.0 Å². The summed E-state index contributed by atoms with van der Waals surface area (Å²) in [6.07, 6.45) is 5.43. The Morgan fingerprint density at radius 2 is 1.90 bits per heavy atom. The summed E-state index contributed by atoms with van der Waals surface area (Å²) in [5, 5.41) is 0. The van der Waals surface area contributed by atoms with Crippen LogP contribution in [-0.4, -0.2) is 44.2 Å². The average molecular weight is 425 g/mol. The average Bonchev–Trinajstić information content (AvgIpc) is 2.71. The normalized spacial score (nSPS) is 19.6. The molecule has 158 valence electrons. The van der Waals surface area contributed by atoms with Crippen molar-refractivity contribution in [2.75, 3.05) is 13.7 Å². The highest BCUT2D eigenvalue weighted by Gasteiger charge is 2.27. The fourth-order valence-corrected chi connectivity index (χ4v) is 4.48. The van der Waals surface area contributed by atoms with E-state index in [0.717, 1.165) is 6.07 Å². The molecule has 0 unspecified atom stereocenters. The van der Waals surface area contributed by atoms with Crippen molar-refractivity contribution in [1.82, 2.24) is 14.7 Å². The highest BCUT2D eigenvalue weighted by Crippen LogP contribution is 2.26. The van der Waals surface area contributed by atoms with E-state index in [-0.39, 0.29) is 22.8 Å². The van der Waals surface area contributed by atoms with Crippen molar-refractivity contribution < 1.29 is 27.0 Å². The van der Waals surface area contributed by atoms with E-state index in [2.05, 4.69) is 14.7 Å². The molecule has 2 aromatic rings. The topological polar surface area (TPSA) is 99.6 Å². The number of benzene rings is 1. The Hall–Kier alpha value is -2.46. The molecule has 1 saturated carbocycles. The molecule has 1 fully saturated rings. The smallest absolute Gasteiger partial charge is 0.240 e. The summed E-state index contributed by atoms with van der Waals surface area (Å²) < 4.78 is 57.8. The molecule has 1 N–H and O–H groups in total. The highest BCUT2D eigenvalue weighted by atomic mass is 32.2. The fourth-order valence-electron chi connectivity index (χ4n) is 3.16. The van der Waals surface area contributed by atoms with Gasteiger partial charge in [0.2, 0.25) is 21.8 Å². The molecule has 29 heavy (non-hydrogen) atoms. The number of nitrogens with one attached hydrogen (secondary N) is 1. The lowest BCUT2D eigenvalue weighted by Crippen LogP contribution is -2.39. The number of halogens is 1. The second-order valence-electron chi connectivity index (χ2n) is 6.64. The predicted octanol–water partition coefficient (Wildman–Crippen LogP) is 2.69. The van der Waals surface area contributed by atoms with Gasteiger partial charge in [-0.25, -0.2) is 17.5 Å². The van der Waals surface area contributed by atoms with Gasteiger partial charge in [-0.05, 0) is 50.8 Å². The first-order chi connectivity index (χ1) is 13.9. The van der Waals surface area contributed by atoms with Crippen LogP contribution in [0.25, 0.3) is 0 Å². The quantitative estimate of drug-likeness (QED) is 0.694. The maximum absolute atomic E-state index is 14.0. The minimum absolute atomic E-state index is 0.0322. The predicted molar refractivity (Wildman–Crippen MR) is 103 cm³/mol. The standard InChI is InChI=1S/C19H24FN3O5S/c1-3-27-17-9-8-15(10-16(17)20)29(24,25)23-13-4-6-14(7-5-13)28-19-12-21-11-18(22-19)26-2/h8-14,23H,3-7H2,1-2H3. The minimum atomic E-state index is -3.82.